The van der Waals surface area contributed by atoms with Gasteiger partial charge < -0.3 is 9.88 Å². The van der Waals surface area contributed by atoms with Crippen molar-refractivity contribution in [2.45, 2.75) is 12.8 Å². The molecule has 0 aliphatic carbocycles. The Kier molecular flexibility index (Phi) is 2.55. The number of H-pyrrole nitrogens is 1. The summed E-state index contributed by atoms with van der Waals surface area (Å²) in [5, 5.41) is 0. The monoisotopic (exact) mass is 188 g/mol. The Morgan fingerprint density at radius 1 is 1.43 bits per heavy atom. The summed E-state index contributed by atoms with van der Waals surface area (Å²) in [5.74, 6) is 2.53. The maximum absolute atomic E-state index is 11.4. The van der Waals surface area contributed by atoms with E-state index in [2.05, 4.69) is 16.9 Å². The van der Waals surface area contributed by atoms with Crippen molar-refractivity contribution in [3.8, 4) is 12.0 Å². The van der Waals surface area contributed by atoms with Crippen molar-refractivity contribution in [3.05, 3.63) is 24.0 Å². The topological polar surface area (TPSA) is 36.1 Å². The summed E-state index contributed by atoms with van der Waals surface area (Å²) in [4.78, 5) is 16.3. The van der Waals surface area contributed by atoms with E-state index in [1.54, 1.807) is 18.5 Å². The maximum atomic E-state index is 11.4. The van der Waals surface area contributed by atoms with Crippen molar-refractivity contribution in [1.82, 2.24) is 9.88 Å². The third-order valence-electron chi connectivity index (χ3n) is 2.29. The fourth-order valence-electron chi connectivity index (χ4n) is 1.50. The van der Waals surface area contributed by atoms with Crippen molar-refractivity contribution in [2.75, 3.05) is 13.1 Å². The van der Waals surface area contributed by atoms with E-state index >= 15 is 0 Å². The van der Waals surface area contributed by atoms with Crippen LogP contribution in [0.2, 0.25) is 0 Å². The zero-order chi connectivity index (χ0) is 9.80. The van der Waals surface area contributed by atoms with Gasteiger partial charge in [-0.2, -0.15) is 0 Å². The molecule has 0 bridgehead atoms. The number of carbonyl (C=O) groups excluding carboxylic acids is 1. The van der Waals surface area contributed by atoms with Crippen LogP contribution < -0.4 is 0 Å². The predicted molar refractivity (Wildman–Crippen MR) is 53.7 cm³/mol. The largest absolute Gasteiger partial charge is 0.367 e. The molecule has 0 spiro atoms. The standard InChI is InChI=1S/C11H12N2O/c14-11(10-3-5-12-9-10)4-8-13-6-1-2-7-13/h3,5,9,12H,1-2,6-7H2. The van der Waals surface area contributed by atoms with Gasteiger partial charge in [0.15, 0.2) is 0 Å². The van der Waals surface area contributed by atoms with E-state index in [0.29, 0.717) is 5.56 Å². The minimum atomic E-state index is -0.113. The van der Waals surface area contributed by atoms with Crippen LogP contribution in [-0.2, 0) is 0 Å². The van der Waals surface area contributed by atoms with Crippen molar-refractivity contribution in [3.63, 3.8) is 0 Å². The van der Waals surface area contributed by atoms with Gasteiger partial charge in [-0.15, -0.1) is 0 Å². The summed E-state index contributed by atoms with van der Waals surface area (Å²) in [5.41, 5.74) is 0.636. The minimum Gasteiger partial charge on any atom is -0.367 e. The molecule has 2 rings (SSSR count). The van der Waals surface area contributed by atoms with E-state index in [1.807, 2.05) is 4.90 Å². The molecule has 3 heteroatoms. The molecular formula is C11H12N2O. The number of rotatable bonds is 1. The van der Waals surface area contributed by atoms with E-state index in [0.717, 1.165) is 13.1 Å². The molecule has 0 radical (unpaired) electrons. The molecular weight excluding hydrogens is 176 g/mol. The number of hydrogen-bond acceptors (Lipinski definition) is 2. The van der Waals surface area contributed by atoms with Crippen LogP contribution in [0.15, 0.2) is 18.5 Å². The van der Waals surface area contributed by atoms with Gasteiger partial charge in [-0.3, -0.25) is 4.79 Å². The molecule has 72 valence electrons. The van der Waals surface area contributed by atoms with E-state index in [-0.39, 0.29) is 5.78 Å². The number of aromatic nitrogens is 1. The minimum absolute atomic E-state index is 0.113. The molecule has 1 aliphatic heterocycles. The second kappa shape index (κ2) is 4.01. The maximum Gasteiger partial charge on any atom is 0.239 e. The highest BCUT2D eigenvalue weighted by Gasteiger charge is 2.07. The van der Waals surface area contributed by atoms with Crippen LogP contribution in [0.4, 0.5) is 0 Å². The Bertz CT molecular complexity index is 364. The molecule has 2 heterocycles. The summed E-state index contributed by atoms with van der Waals surface area (Å²) >= 11 is 0. The first-order chi connectivity index (χ1) is 6.86. The lowest BCUT2D eigenvalue weighted by atomic mass is 10.2. The van der Waals surface area contributed by atoms with E-state index < -0.39 is 0 Å². The van der Waals surface area contributed by atoms with Crippen LogP contribution >= 0.6 is 0 Å². The number of nitrogens with zero attached hydrogens (tertiary/aromatic N) is 1. The Morgan fingerprint density at radius 2 is 2.21 bits per heavy atom. The van der Waals surface area contributed by atoms with Gasteiger partial charge in [-0.25, -0.2) is 0 Å². The highest BCUT2D eigenvalue weighted by molar-refractivity contribution is 6.08. The number of Topliss-reactive ketones (excluding diaryl/α,β-unsaturated/α-hetero) is 1. The van der Waals surface area contributed by atoms with Crippen molar-refractivity contribution in [2.24, 2.45) is 0 Å². The molecule has 0 unspecified atom stereocenters. The van der Waals surface area contributed by atoms with Crippen LogP contribution in [0.5, 0.6) is 0 Å². The van der Waals surface area contributed by atoms with Crippen LogP contribution in [-0.4, -0.2) is 28.8 Å². The lowest BCUT2D eigenvalue weighted by molar-refractivity contribution is 0.105. The molecule has 1 aromatic heterocycles. The SMILES string of the molecule is O=C(C#CN1CCCC1)c1cc[nH]c1. The van der Waals surface area contributed by atoms with Gasteiger partial charge in [0.1, 0.15) is 0 Å². The Balaban J connectivity index is 1.99. The summed E-state index contributed by atoms with van der Waals surface area (Å²) in [6.45, 7) is 1.99. The van der Waals surface area contributed by atoms with Crippen LogP contribution in [0.25, 0.3) is 0 Å². The van der Waals surface area contributed by atoms with Gasteiger partial charge in [0.25, 0.3) is 0 Å². The average molecular weight is 188 g/mol. The van der Waals surface area contributed by atoms with E-state index in [4.69, 9.17) is 0 Å². The first kappa shape index (κ1) is 8.89. The average Bonchev–Trinajstić information content (AvgIpc) is 2.87. The second-order valence-electron chi connectivity index (χ2n) is 3.36. The third-order valence-corrected chi connectivity index (χ3v) is 2.29. The van der Waals surface area contributed by atoms with Crippen molar-refractivity contribution >= 4 is 5.78 Å². The number of hydrogen-bond donors (Lipinski definition) is 1. The lowest BCUT2D eigenvalue weighted by Crippen LogP contribution is -2.11. The zero-order valence-electron chi connectivity index (χ0n) is 7.92. The summed E-state index contributed by atoms with van der Waals surface area (Å²) in [6, 6.07) is 4.63. The van der Waals surface area contributed by atoms with Crippen molar-refractivity contribution in [1.29, 1.82) is 0 Å². The van der Waals surface area contributed by atoms with Crippen LogP contribution in [0, 0.1) is 12.0 Å². The fourth-order valence-corrected chi connectivity index (χ4v) is 1.50. The van der Waals surface area contributed by atoms with Gasteiger partial charge in [0.05, 0.1) is 0 Å². The van der Waals surface area contributed by atoms with E-state index in [9.17, 15) is 4.79 Å². The quantitative estimate of drug-likeness (QED) is 0.532. The van der Waals surface area contributed by atoms with Crippen molar-refractivity contribution < 1.29 is 4.79 Å². The first-order valence-electron chi connectivity index (χ1n) is 4.80. The number of likely N-dealkylation sites (tertiary alicyclic amines) is 1. The van der Waals surface area contributed by atoms with E-state index in [1.165, 1.54) is 12.8 Å². The number of aromatic amines is 1. The summed E-state index contributed by atoms with van der Waals surface area (Å²) in [7, 11) is 0. The van der Waals surface area contributed by atoms with Crippen LogP contribution in [0.1, 0.15) is 23.2 Å². The number of ketones is 1. The highest BCUT2D eigenvalue weighted by Crippen LogP contribution is 2.05. The molecule has 0 atom stereocenters. The lowest BCUT2D eigenvalue weighted by Gasteiger charge is -2.04. The first-order valence-corrected chi connectivity index (χ1v) is 4.80. The predicted octanol–water partition coefficient (Wildman–Crippen LogP) is 1.25. The molecule has 1 saturated heterocycles. The molecule has 1 fully saturated rings. The highest BCUT2D eigenvalue weighted by atomic mass is 16.1. The molecule has 14 heavy (non-hydrogen) atoms. The van der Waals surface area contributed by atoms with Gasteiger partial charge in [-0.1, -0.05) is 0 Å². The van der Waals surface area contributed by atoms with Gasteiger partial charge >= 0.3 is 0 Å². The fraction of sp³-hybridized carbons (Fsp3) is 0.364. The Labute approximate surface area is 83.1 Å². The van der Waals surface area contributed by atoms with Gasteiger partial charge in [0, 0.05) is 37.1 Å². The van der Waals surface area contributed by atoms with Gasteiger partial charge in [-0.05, 0) is 24.8 Å². The summed E-state index contributed by atoms with van der Waals surface area (Å²) < 4.78 is 0. The molecule has 1 aliphatic rings. The number of nitrogens with one attached hydrogen (secondary N) is 1. The molecule has 0 amide bonds. The Hall–Kier alpha value is -1.69. The molecule has 3 nitrogen and oxygen atoms in total. The van der Waals surface area contributed by atoms with Gasteiger partial charge in [0.2, 0.25) is 5.78 Å². The normalized spacial score (nSPS) is 15.0. The Morgan fingerprint density at radius 3 is 2.86 bits per heavy atom. The molecule has 1 aromatic rings. The molecule has 1 N–H and O–H groups in total. The zero-order valence-corrected chi connectivity index (χ0v) is 7.92. The second-order valence-corrected chi connectivity index (χ2v) is 3.36. The molecule has 0 saturated carbocycles. The third kappa shape index (κ3) is 1.97. The van der Waals surface area contributed by atoms with Crippen LogP contribution in [0.3, 0.4) is 0 Å². The summed E-state index contributed by atoms with van der Waals surface area (Å²) in [6.07, 6.45) is 5.77. The number of carbonyl (C=O) groups is 1. The smallest absolute Gasteiger partial charge is 0.239 e. The molecule has 0 aromatic carbocycles.